The van der Waals surface area contributed by atoms with Gasteiger partial charge in [0.1, 0.15) is 6.54 Å². The van der Waals surface area contributed by atoms with Crippen molar-refractivity contribution in [3.05, 3.63) is 94.7 Å². The Morgan fingerprint density at radius 2 is 1.85 bits per heavy atom. The van der Waals surface area contributed by atoms with Crippen LogP contribution in [0.1, 0.15) is 38.8 Å². The predicted octanol–water partition coefficient (Wildman–Crippen LogP) is 4.07. The summed E-state index contributed by atoms with van der Waals surface area (Å²) < 4.78 is 10.8. The summed E-state index contributed by atoms with van der Waals surface area (Å²) in [5, 5.41) is 4.00. The van der Waals surface area contributed by atoms with Gasteiger partial charge in [-0.1, -0.05) is 42.5 Å². The molecular formula is C27H23N3O4. The van der Waals surface area contributed by atoms with E-state index in [1.165, 1.54) is 0 Å². The molecule has 0 saturated carbocycles. The summed E-state index contributed by atoms with van der Waals surface area (Å²) in [5.41, 5.74) is 5.49. The van der Waals surface area contributed by atoms with Crippen LogP contribution in [0.2, 0.25) is 0 Å². The monoisotopic (exact) mass is 453 g/mol. The van der Waals surface area contributed by atoms with Gasteiger partial charge in [-0.3, -0.25) is 9.59 Å². The van der Waals surface area contributed by atoms with Gasteiger partial charge in [0, 0.05) is 34.3 Å². The standard InChI is InChI=1S/C27H23N3O4/c1-16-25(20-8-4-5-9-21(20)29-16)26-18-6-2-3-7-19(18)27(32)30(26)14-24(31)28-13-17-10-11-22-23(12-17)34-15-33-22/h2-12,26,29H,13-15H2,1H3,(H,28,31)/t26-/m0/s1. The molecule has 1 atom stereocenters. The van der Waals surface area contributed by atoms with Crippen LogP contribution >= 0.6 is 0 Å². The minimum Gasteiger partial charge on any atom is -0.454 e. The molecule has 2 aliphatic rings. The molecule has 0 unspecified atom stereocenters. The van der Waals surface area contributed by atoms with Crippen molar-refractivity contribution in [1.29, 1.82) is 0 Å². The molecule has 1 aromatic heterocycles. The van der Waals surface area contributed by atoms with Crippen molar-refractivity contribution in [2.24, 2.45) is 0 Å². The minimum absolute atomic E-state index is 0.0400. The van der Waals surface area contributed by atoms with Crippen LogP contribution in [-0.2, 0) is 11.3 Å². The van der Waals surface area contributed by atoms with Gasteiger partial charge < -0.3 is 24.7 Å². The zero-order chi connectivity index (χ0) is 23.2. The van der Waals surface area contributed by atoms with Crippen LogP contribution in [-0.4, -0.2) is 35.0 Å². The third-order valence-electron chi connectivity index (χ3n) is 6.52. The molecule has 7 heteroatoms. The first kappa shape index (κ1) is 20.4. The summed E-state index contributed by atoms with van der Waals surface area (Å²) in [7, 11) is 0. The Morgan fingerprint density at radius 1 is 1.06 bits per heavy atom. The number of rotatable bonds is 5. The van der Waals surface area contributed by atoms with Crippen molar-refractivity contribution in [3.8, 4) is 11.5 Å². The highest BCUT2D eigenvalue weighted by Gasteiger charge is 2.40. The first-order chi connectivity index (χ1) is 16.6. The zero-order valence-corrected chi connectivity index (χ0v) is 18.6. The lowest BCUT2D eigenvalue weighted by Gasteiger charge is -2.25. The molecule has 0 bridgehead atoms. The number of H-pyrrole nitrogens is 1. The van der Waals surface area contributed by atoms with E-state index < -0.39 is 0 Å². The van der Waals surface area contributed by atoms with Crippen LogP contribution in [0.15, 0.2) is 66.7 Å². The fourth-order valence-electron chi connectivity index (χ4n) is 4.96. The van der Waals surface area contributed by atoms with Crippen molar-refractivity contribution >= 4 is 22.7 Å². The molecule has 2 aliphatic heterocycles. The van der Waals surface area contributed by atoms with Gasteiger partial charge in [0.25, 0.3) is 5.91 Å². The topological polar surface area (TPSA) is 83.7 Å². The van der Waals surface area contributed by atoms with Gasteiger partial charge in [-0.25, -0.2) is 0 Å². The van der Waals surface area contributed by atoms with Gasteiger partial charge in [-0.05, 0) is 42.3 Å². The molecule has 34 heavy (non-hydrogen) atoms. The summed E-state index contributed by atoms with van der Waals surface area (Å²) in [6, 6.07) is 20.9. The number of aryl methyl sites for hydroxylation is 1. The third kappa shape index (κ3) is 3.28. The lowest BCUT2D eigenvalue weighted by molar-refractivity contribution is -0.122. The second-order valence-electron chi connectivity index (χ2n) is 8.60. The Morgan fingerprint density at radius 3 is 2.76 bits per heavy atom. The molecular weight excluding hydrogens is 430 g/mol. The van der Waals surface area contributed by atoms with Crippen molar-refractivity contribution in [3.63, 3.8) is 0 Å². The summed E-state index contributed by atoms with van der Waals surface area (Å²) in [6.07, 6.45) is 0. The van der Waals surface area contributed by atoms with E-state index in [0.29, 0.717) is 23.6 Å². The van der Waals surface area contributed by atoms with Crippen LogP contribution < -0.4 is 14.8 Å². The van der Waals surface area contributed by atoms with E-state index >= 15 is 0 Å². The van der Waals surface area contributed by atoms with Crippen LogP contribution in [0.3, 0.4) is 0 Å². The van der Waals surface area contributed by atoms with Gasteiger partial charge in [-0.15, -0.1) is 0 Å². The average Bonchev–Trinajstić information content (AvgIpc) is 3.52. The molecule has 4 aromatic rings. The molecule has 2 N–H and O–H groups in total. The summed E-state index contributed by atoms with van der Waals surface area (Å²) >= 11 is 0. The Kier molecular flexibility index (Phi) is 4.76. The maximum atomic E-state index is 13.4. The van der Waals surface area contributed by atoms with Gasteiger partial charge in [0.15, 0.2) is 11.5 Å². The van der Waals surface area contributed by atoms with E-state index in [0.717, 1.165) is 33.3 Å². The Hall–Kier alpha value is -4.26. The predicted molar refractivity (Wildman–Crippen MR) is 127 cm³/mol. The summed E-state index contributed by atoms with van der Waals surface area (Å²) in [6.45, 7) is 2.51. The van der Waals surface area contributed by atoms with Crippen LogP contribution in [0, 0.1) is 6.92 Å². The molecule has 0 radical (unpaired) electrons. The van der Waals surface area contributed by atoms with Crippen molar-refractivity contribution in [2.45, 2.75) is 19.5 Å². The maximum Gasteiger partial charge on any atom is 0.255 e. The number of hydrogen-bond donors (Lipinski definition) is 2. The molecule has 0 saturated heterocycles. The first-order valence-corrected chi connectivity index (χ1v) is 11.2. The Balaban J connectivity index is 1.28. The number of ether oxygens (including phenoxy) is 2. The normalized spacial score (nSPS) is 16.2. The number of aromatic amines is 1. The van der Waals surface area contributed by atoms with E-state index in [1.54, 1.807) is 4.90 Å². The lowest BCUT2D eigenvalue weighted by atomic mass is 9.95. The van der Waals surface area contributed by atoms with Crippen molar-refractivity contribution in [2.75, 3.05) is 13.3 Å². The average molecular weight is 453 g/mol. The molecule has 2 amide bonds. The highest BCUT2D eigenvalue weighted by molar-refractivity contribution is 6.02. The highest BCUT2D eigenvalue weighted by atomic mass is 16.7. The maximum absolute atomic E-state index is 13.4. The van der Waals surface area contributed by atoms with E-state index in [1.807, 2.05) is 67.6 Å². The summed E-state index contributed by atoms with van der Waals surface area (Å²) in [5.74, 6) is 1.02. The second-order valence-corrected chi connectivity index (χ2v) is 8.60. The second kappa shape index (κ2) is 7.95. The quantitative estimate of drug-likeness (QED) is 0.477. The van der Waals surface area contributed by atoms with Gasteiger partial charge in [0.2, 0.25) is 12.7 Å². The number of fused-ring (bicyclic) bond motifs is 3. The van der Waals surface area contributed by atoms with Crippen molar-refractivity contribution in [1.82, 2.24) is 15.2 Å². The Bertz CT molecular complexity index is 1440. The molecule has 0 aliphatic carbocycles. The van der Waals surface area contributed by atoms with Gasteiger partial charge in [-0.2, -0.15) is 0 Å². The highest BCUT2D eigenvalue weighted by Crippen LogP contribution is 2.42. The van der Waals surface area contributed by atoms with Crippen molar-refractivity contribution < 1.29 is 19.1 Å². The van der Waals surface area contributed by atoms with Gasteiger partial charge in [0.05, 0.1) is 6.04 Å². The van der Waals surface area contributed by atoms with E-state index in [-0.39, 0.29) is 31.2 Å². The SMILES string of the molecule is Cc1[nH]c2ccccc2c1[C@@H]1c2ccccc2C(=O)N1CC(=O)NCc1ccc2c(c1)OCO2. The Labute approximate surface area is 196 Å². The fourth-order valence-corrected chi connectivity index (χ4v) is 4.96. The first-order valence-electron chi connectivity index (χ1n) is 11.2. The number of hydrogen-bond acceptors (Lipinski definition) is 4. The number of para-hydroxylation sites is 1. The molecule has 7 nitrogen and oxygen atoms in total. The van der Waals surface area contributed by atoms with Crippen LogP contribution in [0.25, 0.3) is 10.9 Å². The molecule has 0 fully saturated rings. The smallest absolute Gasteiger partial charge is 0.255 e. The number of nitrogens with one attached hydrogen (secondary N) is 2. The van der Waals surface area contributed by atoms with Gasteiger partial charge >= 0.3 is 0 Å². The summed E-state index contributed by atoms with van der Waals surface area (Å²) in [4.78, 5) is 31.5. The zero-order valence-electron chi connectivity index (χ0n) is 18.6. The largest absolute Gasteiger partial charge is 0.454 e. The van der Waals surface area contributed by atoms with Crippen LogP contribution in [0.5, 0.6) is 11.5 Å². The van der Waals surface area contributed by atoms with Crippen LogP contribution in [0.4, 0.5) is 0 Å². The van der Waals surface area contributed by atoms with E-state index in [9.17, 15) is 9.59 Å². The molecule has 3 heterocycles. The van der Waals surface area contributed by atoms with E-state index in [2.05, 4.69) is 16.4 Å². The number of carbonyl (C=O) groups excluding carboxylic acids is 2. The third-order valence-corrected chi connectivity index (χ3v) is 6.52. The number of carbonyl (C=O) groups is 2. The van der Waals surface area contributed by atoms with E-state index in [4.69, 9.17) is 9.47 Å². The molecule has 6 rings (SSSR count). The molecule has 170 valence electrons. The number of nitrogens with zero attached hydrogens (tertiary/aromatic N) is 1. The number of aromatic nitrogens is 1. The molecule has 0 spiro atoms. The number of benzene rings is 3. The fraction of sp³-hybridized carbons (Fsp3) is 0.185. The minimum atomic E-state index is -0.337. The number of amides is 2. The molecule has 3 aromatic carbocycles. The lowest BCUT2D eigenvalue weighted by Crippen LogP contribution is -2.39.